The molecule has 1 amide bonds. The number of aryl methyl sites for hydroxylation is 1. The Morgan fingerprint density at radius 1 is 1.42 bits per heavy atom. The number of methoxy groups -OCH3 is 1. The quantitative estimate of drug-likeness (QED) is 0.780. The lowest BCUT2D eigenvalue weighted by Crippen LogP contribution is -2.48. The Morgan fingerprint density at radius 2 is 2.16 bits per heavy atom. The minimum absolute atomic E-state index is 0.122. The number of esters is 1. The maximum absolute atomic E-state index is 12.5. The van der Waals surface area contributed by atoms with Crippen LogP contribution in [-0.4, -0.2) is 41.0 Å². The Morgan fingerprint density at radius 3 is 2.74 bits per heavy atom. The van der Waals surface area contributed by atoms with Crippen LogP contribution in [0.1, 0.15) is 29.8 Å². The minimum atomic E-state index is -0.458. The summed E-state index contributed by atoms with van der Waals surface area (Å²) in [4.78, 5) is 25.9. The van der Waals surface area contributed by atoms with E-state index < -0.39 is 6.04 Å². The third-order valence-corrected chi connectivity index (χ3v) is 3.86. The van der Waals surface area contributed by atoms with E-state index in [0.717, 1.165) is 17.3 Å². The number of amides is 1. The zero-order valence-electron chi connectivity index (χ0n) is 11.1. The van der Waals surface area contributed by atoms with Crippen molar-refractivity contribution in [2.75, 3.05) is 13.7 Å². The van der Waals surface area contributed by atoms with Crippen molar-refractivity contribution in [3.05, 3.63) is 22.4 Å². The average Bonchev–Trinajstić information content (AvgIpc) is 2.76. The van der Waals surface area contributed by atoms with Gasteiger partial charge in [-0.15, -0.1) is 0 Å². The number of hydrogen-bond donors (Lipinski definition) is 0. The van der Waals surface area contributed by atoms with E-state index in [1.807, 2.05) is 13.2 Å². The normalized spacial score (nSPS) is 19.3. The highest BCUT2D eigenvalue weighted by Gasteiger charge is 2.34. The summed E-state index contributed by atoms with van der Waals surface area (Å²) in [6.07, 6.45) is 4.36. The molecule has 1 saturated heterocycles. The zero-order chi connectivity index (χ0) is 14.0. The van der Waals surface area contributed by atoms with Crippen molar-refractivity contribution in [1.29, 1.82) is 0 Å². The zero-order valence-corrected chi connectivity index (χ0v) is 12.6. The van der Waals surface area contributed by atoms with E-state index in [1.54, 1.807) is 15.5 Å². The van der Waals surface area contributed by atoms with Gasteiger partial charge in [0.1, 0.15) is 11.7 Å². The van der Waals surface area contributed by atoms with E-state index in [9.17, 15) is 9.59 Å². The highest BCUT2D eigenvalue weighted by Crippen LogP contribution is 2.22. The van der Waals surface area contributed by atoms with Crippen LogP contribution in [0.5, 0.6) is 0 Å². The first-order chi connectivity index (χ1) is 9.04. The van der Waals surface area contributed by atoms with E-state index in [4.69, 9.17) is 4.74 Å². The van der Waals surface area contributed by atoms with Crippen LogP contribution >= 0.6 is 15.9 Å². The molecule has 1 fully saturated rings. The van der Waals surface area contributed by atoms with Gasteiger partial charge >= 0.3 is 5.97 Å². The first-order valence-corrected chi connectivity index (χ1v) is 7.04. The third kappa shape index (κ3) is 2.83. The van der Waals surface area contributed by atoms with Crippen LogP contribution < -0.4 is 0 Å². The SMILES string of the molecule is COC(=O)[C@H]1CCCCN1C(=O)c1cc(Br)cn1C. The highest BCUT2D eigenvalue weighted by molar-refractivity contribution is 9.10. The number of ether oxygens (including phenoxy) is 1. The molecule has 1 aliphatic rings. The Balaban J connectivity index is 2.25. The number of nitrogens with zero attached hydrogens (tertiary/aromatic N) is 2. The number of carbonyl (C=O) groups excluding carboxylic acids is 2. The lowest BCUT2D eigenvalue weighted by molar-refractivity contribution is -0.147. The molecule has 1 aromatic heterocycles. The fourth-order valence-electron chi connectivity index (χ4n) is 2.44. The Labute approximate surface area is 120 Å². The van der Waals surface area contributed by atoms with Crippen molar-refractivity contribution < 1.29 is 14.3 Å². The predicted octanol–water partition coefficient (Wildman–Crippen LogP) is 1.96. The lowest BCUT2D eigenvalue weighted by atomic mass is 10.0. The van der Waals surface area contributed by atoms with Gasteiger partial charge in [0.05, 0.1) is 7.11 Å². The molecule has 0 N–H and O–H groups in total. The summed E-state index contributed by atoms with van der Waals surface area (Å²) < 4.78 is 7.40. The second-order valence-electron chi connectivity index (χ2n) is 4.69. The maximum Gasteiger partial charge on any atom is 0.328 e. The van der Waals surface area contributed by atoms with Crippen molar-refractivity contribution in [3.8, 4) is 0 Å². The second-order valence-corrected chi connectivity index (χ2v) is 5.60. The molecule has 5 nitrogen and oxygen atoms in total. The van der Waals surface area contributed by atoms with Gasteiger partial charge < -0.3 is 14.2 Å². The number of carbonyl (C=O) groups is 2. The van der Waals surface area contributed by atoms with Crippen molar-refractivity contribution in [1.82, 2.24) is 9.47 Å². The summed E-state index contributed by atoms with van der Waals surface area (Å²) in [5, 5.41) is 0. The molecule has 1 atom stereocenters. The smallest absolute Gasteiger partial charge is 0.328 e. The molecule has 1 aliphatic heterocycles. The van der Waals surface area contributed by atoms with Gasteiger partial charge in [0, 0.05) is 24.3 Å². The predicted molar refractivity (Wildman–Crippen MR) is 73.8 cm³/mol. The molecule has 0 bridgehead atoms. The molecule has 19 heavy (non-hydrogen) atoms. The number of piperidine rings is 1. The molecule has 1 aromatic rings. The van der Waals surface area contributed by atoms with Gasteiger partial charge in [0.15, 0.2) is 0 Å². The topological polar surface area (TPSA) is 51.5 Å². The molecule has 0 radical (unpaired) electrons. The van der Waals surface area contributed by atoms with Crippen LogP contribution in [-0.2, 0) is 16.6 Å². The third-order valence-electron chi connectivity index (χ3n) is 3.43. The number of rotatable bonds is 2. The van der Waals surface area contributed by atoms with Gasteiger partial charge in [0.25, 0.3) is 5.91 Å². The first kappa shape index (κ1) is 14.1. The largest absolute Gasteiger partial charge is 0.467 e. The van der Waals surface area contributed by atoms with Crippen molar-refractivity contribution in [3.63, 3.8) is 0 Å². The number of halogens is 1. The van der Waals surface area contributed by atoms with Crippen molar-refractivity contribution in [2.24, 2.45) is 7.05 Å². The van der Waals surface area contributed by atoms with Crippen LogP contribution in [0.15, 0.2) is 16.7 Å². The summed E-state index contributed by atoms with van der Waals surface area (Å²) in [7, 11) is 3.17. The molecule has 0 unspecified atom stereocenters. The standard InChI is InChI=1S/C13H17BrN2O3/c1-15-8-9(14)7-11(15)12(17)16-6-4-3-5-10(16)13(18)19-2/h7-8,10H,3-6H2,1-2H3/t10-/m1/s1. The van der Waals surface area contributed by atoms with E-state index in [0.29, 0.717) is 18.7 Å². The first-order valence-electron chi connectivity index (χ1n) is 6.25. The van der Waals surface area contributed by atoms with E-state index >= 15 is 0 Å². The van der Waals surface area contributed by atoms with Gasteiger partial charge in [-0.05, 0) is 41.3 Å². The molecular weight excluding hydrogens is 312 g/mol. The fraction of sp³-hybridized carbons (Fsp3) is 0.538. The molecule has 0 spiro atoms. The lowest BCUT2D eigenvalue weighted by Gasteiger charge is -2.33. The summed E-state index contributed by atoms with van der Waals surface area (Å²) in [6.45, 7) is 0.599. The van der Waals surface area contributed by atoms with Gasteiger partial charge in [-0.25, -0.2) is 4.79 Å². The maximum atomic E-state index is 12.5. The average molecular weight is 329 g/mol. The van der Waals surface area contributed by atoms with Crippen LogP contribution in [0, 0.1) is 0 Å². The Hall–Kier alpha value is -1.30. The molecule has 0 aliphatic carbocycles. The number of likely N-dealkylation sites (tertiary alicyclic amines) is 1. The fourth-order valence-corrected chi connectivity index (χ4v) is 2.96. The molecule has 6 heteroatoms. The number of aromatic nitrogens is 1. The van der Waals surface area contributed by atoms with E-state index in [1.165, 1.54) is 7.11 Å². The van der Waals surface area contributed by atoms with Gasteiger partial charge in [-0.2, -0.15) is 0 Å². The molecule has 104 valence electrons. The summed E-state index contributed by atoms with van der Waals surface area (Å²) in [5.74, 6) is -0.454. The van der Waals surface area contributed by atoms with Gasteiger partial charge in [-0.3, -0.25) is 4.79 Å². The summed E-state index contributed by atoms with van der Waals surface area (Å²) in [6, 6.07) is 1.31. The monoisotopic (exact) mass is 328 g/mol. The molecule has 0 aromatic carbocycles. The Kier molecular flexibility index (Phi) is 4.29. The van der Waals surface area contributed by atoms with E-state index in [2.05, 4.69) is 15.9 Å². The van der Waals surface area contributed by atoms with E-state index in [-0.39, 0.29) is 11.9 Å². The molecular formula is C13H17BrN2O3. The minimum Gasteiger partial charge on any atom is -0.467 e. The Bertz CT molecular complexity index is 498. The van der Waals surface area contributed by atoms with Crippen LogP contribution in [0.3, 0.4) is 0 Å². The second kappa shape index (κ2) is 5.77. The van der Waals surface area contributed by atoms with Crippen molar-refractivity contribution in [2.45, 2.75) is 25.3 Å². The van der Waals surface area contributed by atoms with Crippen LogP contribution in [0.4, 0.5) is 0 Å². The molecule has 0 saturated carbocycles. The molecule has 2 heterocycles. The summed E-state index contributed by atoms with van der Waals surface area (Å²) >= 11 is 3.35. The summed E-state index contributed by atoms with van der Waals surface area (Å²) in [5.41, 5.74) is 0.572. The van der Waals surface area contributed by atoms with Crippen molar-refractivity contribution >= 4 is 27.8 Å². The highest BCUT2D eigenvalue weighted by atomic mass is 79.9. The number of hydrogen-bond acceptors (Lipinski definition) is 3. The van der Waals surface area contributed by atoms with Gasteiger partial charge in [-0.1, -0.05) is 0 Å². The molecule has 2 rings (SSSR count). The van der Waals surface area contributed by atoms with Crippen LogP contribution in [0.2, 0.25) is 0 Å². The van der Waals surface area contributed by atoms with Gasteiger partial charge in [0.2, 0.25) is 0 Å². The van der Waals surface area contributed by atoms with Crippen LogP contribution in [0.25, 0.3) is 0 Å².